The molecule has 1 aromatic heterocycles. The van der Waals surface area contributed by atoms with Crippen LogP contribution in [0.15, 0.2) is 30.6 Å². The highest BCUT2D eigenvalue weighted by atomic mass is 35.5. The van der Waals surface area contributed by atoms with Crippen molar-refractivity contribution in [3.63, 3.8) is 0 Å². The van der Waals surface area contributed by atoms with E-state index in [0.29, 0.717) is 6.04 Å². The third-order valence-corrected chi connectivity index (χ3v) is 4.54. The number of hydrogen-bond donors (Lipinski definition) is 1. The first-order chi connectivity index (χ1) is 10.1. The van der Waals surface area contributed by atoms with Crippen LogP contribution in [-0.4, -0.2) is 34.1 Å². The molecule has 2 heterocycles. The molecule has 0 spiro atoms. The van der Waals surface area contributed by atoms with Gasteiger partial charge in [0.1, 0.15) is 5.82 Å². The van der Waals surface area contributed by atoms with Gasteiger partial charge in [-0.25, -0.2) is 4.98 Å². The summed E-state index contributed by atoms with van der Waals surface area (Å²) in [5, 5.41) is 4.30. The summed E-state index contributed by atoms with van der Waals surface area (Å²) < 4.78 is 2.11. The van der Waals surface area contributed by atoms with Gasteiger partial charge in [-0.2, -0.15) is 0 Å². The van der Waals surface area contributed by atoms with Crippen molar-refractivity contribution in [3.05, 3.63) is 52.6 Å². The van der Waals surface area contributed by atoms with Gasteiger partial charge in [-0.1, -0.05) is 23.7 Å². The van der Waals surface area contributed by atoms with E-state index in [1.807, 2.05) is 18.5 Å². The number of imidazole rings is 1. The second-order valence-corrected chi connectivity index (χ2v) is 6.08. The molecule has 21 heavy (non-hydrogen) atoms. The number of piperazine rings is 1. The number of aromatic nitrogens is 2. The van der Waals surface area contributed by atoms with E-state index >= 15 is 0 Å². The number of rotatable bonds is 3. The lowest BCUT2D eigenvalue weighted by molar-refractivity contribution is 0.144. The summed E-state index contributed by atoms with van der Waals surface area (Å²) in [7, 11) is 2.06. The molecular formula is C16H21ClN4. The van der Waals surface area contributed by atoms with Gasteiger partial charge in [0.15, 0.2) is 0 Å². The molecule has 1 aromatic carbocycles. The Morgan fingerprint density at radius 3 is 3.00 bits per heavy atom. The zero-order valence-corrected chi connectivity index (χ0v) is 13.3. The number of benzene rings is 1. The number of halogens is 1. The topological polar surface area (TPSA) is 33.1 Å². The highest BCUT2D eigenvalue weighted by molar-refractivity contribution is 6.31. The van der Waals surface area contributed by atoms with Crippen LogP contribution in [0.5, 0.6) is 0 Å². The highest BCUT2D eigenvalue weighted by Gasteiger charge is 2.26. The smallest absolute Gasteiger partial charge is 0.127 e. The number of aryl methyl sites for hydroxylation is 2. The fourth-order valence-corrected chi connectivity index (χ4v) is 3.05. The van der Waals surface area contributed by atoms with Crippen LogP contribution in [0.25, 0.3) is 0 Å². The van der Waals surface area contributed by atoms with Gasteiger partial charge in [0.25, 0.3) is 0 Å². The van der Waals surface area contributed by atoms with Gasteiger partial charge >= 0.3 is 0 Å². The molecule has 0 bridgehead atoms. The minimum Gasteiger partial charge on any atom is -0.337 e. The minimum atomic E-state index is 0.315. The van der Waals surface area contributed by atoms with E-state index < -0.39 is 0 Å². The molecule has 1 fully saturated rings. The summed E-state index contributed by atoms with van der Waals surface area (Å²) >= 11 is 6.12. The molecule has 4 nitrogen and oxygen atoms in total. The Morgan fingerprint density at radius 1 is 1.43 bits per heavy atom. The van der Waals surface area contributed by atoms with Gasteiger partial charge in [0.2, 0.25) is 0 Å². The molecule has 1 aliphatic heterocycles. The predicted octanol–water partition coefficient (Wildman–Crippen LogP) is 2.53. The van der Waals surface area contributed by atoms with E-state index in [2.05, 4.69) is 45.9 Å². The molecule has 1 saturated heterocycles. The maximum atomic E-state index is 6.12. The molecule has 2 aromatic rings. The highest BCUT2D eigenvalue weighted by Crippen LogP contribution is 2.24. The fourth-order valence-electron chi connectivity index (χ4n) is 2.93. The van der Waals surface area contributed by atoms with Crippen molar-refractivity contribution in [1.82, 2.24) is 19.8 Å². The zero-order valence-electron chi connectivity index (χ0n) is 12.5. The van der Waals surface area contributed by atoms with Crippen molar-refractivity contribution in [2.45, 2.75) is 19.5 Å². The van der Waals surface area contributed by atoms with Crippen LogP contribution in [0.3, 0.4) is 0 Å². The van der Waals surface area contributed by atoms with Gasteiger partial charge in [0.05, 0.1) is 6.04 Å². The normalized spacial score (nSPS) is 19.9. The molecule has 0 saturated carbocycles. The van der Waals surface area contributed by atoms with E-state index in [4.69, 9.17) is 11.6 Å². The predicted molar refractivity (Wildman–Crippen MR) is 85.4 cm³/mol. The zero-order chi connectivity index (χ0) is 14.8. The van der Waals surface area contributed by atoms with Crippen LogP contribution >= 0.6 is 11.6 Å². The first-order valence-corrected chi connectivity index (χ1v) is 7.70. The summed E-state index contributed by atoms with van der Waals surface area (Å²) in [4.78, 5) is 7.01. The van der Waals surface area contributed by atoms with Gasteiger partial charge < -0.3 is 9.88 Å². The van der Waals surface area contributed by atoms with E-state index in [9.17, 15) is 0 Å². The second kappa shape index (κ2) is 6.18. The molecule has 1 unspecified atom stereocenters. The third kappa shape index (κ3) is 3.12. The molecule has 3 rings (SSSR count). The fraction of sp³-hybridized carbons (Fsp3) is 0.438. The molecular weight excluding hydrogens is 284 g/mol. The molecule has 0 radical (unpaired) electrons. The first-order valence-electron chi connectivity index (χ1n) is 7.32. The van der Waals surface area contributed by atoms with E-state index in [1.54, 1.807) is 0 Å². The van der Waals surface area contributed by atoms with Crippen molar-refractivity contribution in [2.75, 3.05) is 19.6 Å². The van der Waals surface area contributed by atoms with Crippen LogP contribution in [0.4, 0.5) is 0 Å². The summed E-state index contributed by atoms with van der Waals surface area (Å²) in [5.74, 6) is 1.12. The van der Waals surface area contributed by atoms with E-state index in [0.717, 1.165) is 42.6 Å². The molecule has 1 aliphatic rings. The van der Waals surface area contributed by atoms with Crippen molar-refractivity contribution < 1.29 is 0 Å². The Balaban J connectivity index is 1.81. The lowest BCUT2D eigenvalue weighted by atomic mass is 10.1. The van der Waals surface area contributed by atoms with Gasteiger partial charge in [-0.05, 0) is 24.1 Å². The monoisotopic (exact) mass is 304 g/mol. The summed E-state index contributed by atoms with van der Waals surface area (Å²) in [5.41, 5.74) is 2.44. The lowest BCUT2D eigenvalue weighted by Gasteiger charge is -2.35. The Hall–Kier alpha value is -1.36. The van der Waals surface area contributed by atoms with Crippen LogP contribution in [-0.2, 0) is 13.6 Å². The lowest BCUT2D eigenvalue weighted by Crippen LogP contribution is -2.46. The van der Waals surface area contributed by atoms with Crippen LogP contribution in [0.1, 0.15) is 23.0 Å². The number of nitrogens with zero attached hydrogens (tertiary/aromatic N) is 3. The largest absolute Gasteiger partial charge is 0.337 e. The summed E-state index contributed by atoms with van der Waals surface area (Å²) in [6.07, 6.45) is 3.88. The summed E-state index contributed by atoms with van der Waals surface area (Å²) in [6.45, 7) is 5.97. The van der Waals surface area contributed by atoms with Crippen molar-refractivity contribution >= 4 is 11.6 Å². The van der Waals surface area contributed by atoms with Crippen LogP contribution in [0.2, 0.25) is 5.02 Å². The molecule has 5 heteroatoms. The number of hydrogen-bond acceptors (Lipinski definition) is 3. The van der Waals surface area contributed by atoms with Gasteiger partial charge in [0, 0.05) is 50.6 Å². The standard InChI is InChI=1S/C16H21ClN4/c1-12-9-13(3-4-14(12)17)11-21-8-5-18-10-15(21)16-19-6-7-20(16)2/h3-4,6-7,9,15,18H,5,8,10-11H2,1-2H3. The minimum absolute atomic E-state index is 0.315. The van der Waals surface area contributed by atoms with Crippen molar-refractivity contribution in [2.24, 2.45) is 7.05 Å². The maximum Gasteiger partial charge on any atom is 0.127 e. The average molecular weight is 305 g/mol. The van der Waals surface area contributed by atoms with Crippen LogP contribution < -0.4 is 5.32 Å². The summed E-state index contributed by atoms with van der Waals surface area (Å²) in [6, 6.07) is 6.60. The Labute approximate surface area is 130 Å². The molecule has 1 atom stereocenters. The Kier molecular flexibility index (Phi) is 4.29. The molecule has 112 valence electrons. The Morgan fingerprint density at radius 2 is 2.29 bits per heavy atom. The van der Waals surface area contributed by atoms with Gasteiger partial charge in [-0.15, -0.1) is 0 Å². The Bertz CT molecular complexity index is 622. The van der Waals surface area contributed by atoms with Crippen molar-refractivity contribution in [3.8, 4) is 0 Å². The molecule has 0 aliphatic carbocycles. The third-order valence-electron chi connectivity index (χ3n) is 4.12. The average Bonchev–Trinajstić information content (AvgIpc) is 2.90. The SMILES string of the molecule is Cc1cc(CN2CCNCC2c2nccn2C)ccc1Cl. The first kappa shape index (κ1) is 14.6. The van der Waals surface area contributed by atoms with Crippen molar-refractivity contribution in [1.29, 1.82) is 0 Å². The van der Waals surface area contributed by atoms with E-state index in [-0.39, 0.29) is 0 Å². The molecule has 1 N–H and O–H groups in total. The van der Waals surface area contributed by atoms with Gasteiger partial charge in [-0.3, -0.25) is 4.90 Å². The maximum absolute atomic E-state index is 6.12. The molecule has 0 amide bonds. The quantitative estimate of drug-likeness (QED) is 0.946. The van der Waals surface area contributed by atoms with Crippen LogP contribution in [0, 0.1) is 6.92 Å². The second-order valence-electron chi connectivity index (χ2n) is 5.67. The number of nitrogens with one attached hydrogen (secondary N) is 1. The van der Waals surface area contributed by atoms with E-state index in [1.165, 1.54) is 5.56 Å².